The molecule has 1 fully saturated rings. The molecule has 1 aromatic heterocycles. The van der Waals surface area contributed by atoms with Gasteiger partial charge in [-0.1, -0.05) is 66.5 Å². The number of carbonyl (C=O) groups excluding carboxylic acids is 5. The second-order valence-electron chi connectivity index (χ2n) is 15.4. The number of amides is 4. The Morgan fingerprint density at radius 1 is 1.05 bits per heavy atom. The minimum Gasteiger partial charge on any atom is -0.508 e. The Kier molecular flexibility index (Phi) is 18.7. The summed E-state index contributed by atoms with van der Waals surface area (Å²) in [5, 5.41) is 29.1. The Morgan fingerprint density at radius 2 is 1.75 bits per heavy atom. The molecule has 16 heteroatoms. The Labute approximate surface area is 335 Å². The van der Waals surface area contributed by atoms with Crippen molar-refractivity contribution in [3.8, 4) is 5.75 Å². The molecule has 7 atom stereocenters. The summed E-state index contributed by atoms with van der Waals surface area (Å²) in [6, 6.07) is 4.18. The summed E-state index contributed by atoms with van der Waals surface area (Å²) in [5.41, 5.74) is 3.05. The lowest BCUT2D eigenvalue weighted by atomic mass is 9.92. The number of ether oxygens (including phenoxy) is 1. The van der Waals surface area contributed by atoms with E-state index >= 15 is 0 Å². The summed E-state index contributed by atoms with van der Waals surface area (Å²) in [4.78, 5) is 74.4. The van der Waals surface area contributed by atoms with E-state index in [-0.39, 0.29) is 72.1 Å². The van der Waals surface area contributed by atoms with Gasteiger partial charge in [0.05, 0.1) is 6.04 Å². The number of esters is 1. The fourth-order valence-electron chi connectivity index (χ4n) is 6.94. The van der Waals surface area contributed by atoms with Gasteiger partial charge < -0.3 is 30.5 Å². The van der Waals surface area contributed by atoms with Crippen LogP contribution in [0, 0.1) is 17.8 Å². The predicted octanol–water partition coefficient (Wildman–Crippen LogP) is 3.80. The van der Waals surface area contributed by atoms with E-state index in [0.717, 1.165) is 36.3 Å². The first kappa shape index (κ1) is 46.3. The van der Waals surface area contributed by atoms with Crippen molar-refractivity contribution >= 4 is 40.9 Å². The molecule has 0 aliphatic carbocycles. The third kappa shape index (κ3) is 13.5. The first-order chi connectivity index (χ1) is 26.6. The lowest BCUT2D eigenvalue weighted by Gasteiger charge is -2.39. The highest BCUT2D eigenvalue weighted by Crippen LogP contribution is 2.29. The number of phenolic OH excluding ortho intramolecular Hbond substituents is 1. The average molecular weight is 802 g/mol. The number of aromatic hydroxyl groups is 1. The van der Waals surface area contributed by atoms with E-state index in [1.165, 1.54) is 10.3 Å². The predicted molar refractivity (Wildman–Crippen MR) is 214 cm³/mol. The Bertz CT molecular complexity index is 1590. The van der Waals surface area contributed by atoms with Crippen molar-refractivity contribution in [2.24, 2.45) is 23.6 Å². The number of aliphatic hydroxyl groups is 1. The molecular formula is C40H63N7O8S. The molecule has 1 saturated heterocycles. The van der Waals surface area contributed by atoms with Crippen molar-refractivity contribution in [3.63, 3.8) is 0 Å². The molecule has 1 aliphatic heterocycles. The van der Waals surface area contributed by atoms with Crippen molar-refractivity contribution in [1.29, 1.82) is 0 Å². The van der Waals surface area contributed by atoms with Crippen LogP contribution in [0.5, 0.6) is 5.75 Å². The topological polar surface area (TPSA) is 217 Å². The van der Waals surface area contributed by atoms with E-state index in [0.29, 0.717) is 25.7 Å². The summed E-state index contributed by atoms with van der Waals surface area (Å²) in [5.74, 6) is 2.52. The number of nitrogens with zero attached hydrogens (tertiary/aromatic N) is 3. The van der Waals surface area contributed by atoms with E-state index in [4.69, 9.17) is 10.6 Å². The number of rotatable bonds is 21. The molecule has 15 nitrogen and oxygen atoms in total. The van der Waals surface area contributed by atoms with Gasteiger partial charge in [0, 0.05) is 36.2 Å². The molecule has 56 heavy (non-hydrogen) atoms. The summed E-state index contributed by atoms with van der Waals surface area (Å²) in [6.45, 7) is 11.6. The summed E-state index contributed by atoms with van der Waals surface area (Å²) in [7, 11) is 1.91. The highest BCUT2D eigenvalue weighted by Gasteiger charge is 2.38. The number of nitrogens with two attached hydrogens (primary N) is 1. The van der Waals surface area contributed by atoms with Crippen LogP contribution in [0.2, 0.25) is 0 Å². The van der Waals surface area contributed by atoms with Gasteiger partial charge in [0.2, 0.25) is 17.7 Å². The van der Waals surface area contributed by atoms with E-state index in [1.807, 2.05) is 46.6 Å². The summed E-state index contributed by atoms with van der Waals surface area (Å²) < 4.78 is 5.61. The number of hydrazine groups is 1. The van der Waals surface area contributed by atoms with Gasteiger partial charge in [0.25, 0.3) is 5.91 Å². The average Bonchev–Trinajstić information content (AvgIpc) is 3.68. The van der Waals surface area contributed by atoms with E-state index < -0.39 is 47.9 Å². The molecule has 0 spiro atoms. The maximum Gasteiger partial charge on any atom is 0.307 e. The van der Waals surface area contributed by atoms with Crippen LogP contribution in [0.1, 0.15) is 120 Å². The number of likely N-dealkylation sites (tertiary alicyclic amines) is 1. The first-order valence-corrected chi connectivity index (χ1v) is 20.7. The standard InChI is InChI=1S/C40H63N7O8S/c1-8-12-34(50)55-23-47(40(54)35(25(5)9-2)44-38(53)31-13-10-11-18-46(31)7)32(24(3)4)21-33(49)39-43-30(22-56-39)37(52)42-28(19-26(6)36(51)45-41)20-27-14-16-29(48)17-15-27/h14-17,22,24-26,28,31-33,35,48-49H,8-13,18-21,23,41H2,1-7H3,(H,42,52)(H,44,53)(H,45,51)/t25?,26-,28+,31+,32+,33+,35-/m0/s1. The zero-order valence-electron chi connectivity index (χ0n) is 34.0. The number of likely N-dealkylation sites (N-methyl/N-ethyl adjacent to an activating group) is 1. The van der Waals surface area contributed by atoms with Crippen molar-refractivity contribution in [3.05, 3.63) is 45.9 Å². The maximum atomic E-state index is 14.6. The quantitative estimate of drug-likeness (QED) is 0.0351. The number of phenols is 1. The number of aromatic nitrogens is 1. The van der Waals surface area contributed by atoms with Crippen molar-refractivity contribution < 1.29 is 38.9 Å². The molecule has 0 bridgehead atoms. The van der Waals surface area contributed by atoms with E-state index in [1.54, 1.807) is 31.2 Å². The fourth-order valence-corrected chi connectivity index (χ4v) is 7.73. The Morgan fingerprint density at radius 3 is 2.36 bits per heavy atom. The molecule has 0 saturated carbocycles. The van der Waals surface area contributed by atoms with Gasteiger partial charge in [-0.2, -0.15) is 0 Å². The highest BCUT2D eigenvalue weighted by molar-refractivity contribution is 7.09. The normalized spacial score (nSPS) is 17.9. The lowest BCUT2D eigenvalue weighted by Crippen LogP contribution is -2.59. The van der Waals surface area contributed by atoms with E-state index in [9.17, 15) is 34.2 Å². The minimum atomic E-state index is -1.19. The number of piperidine rings is 1. The number of carbonyl (C=O) groups is 5. The van der Waals surface area contributed by atoms with Crippen LogP contribution in [0.4, 0.5) is 0 Å². The van der Waals surface area contributed by atoms with Crippen LogP contribution >= 0.6 is 11.3 Å². The maximum absolute atomic E-state index is 14.6. The van der Waals surface area contributed by atoms with Gasteiger partial charge in [-0.3, -0.25) is 34.3 Å². The Hall–Kier alpha value is -4.12. The molecule has 1 aliphatic rings. The smallest absolute Gasteiger partial charge is 0.307 e. The van der Waals surface area contributed by atoms with Crippen LogP contribution in [0.3, 0.4) is 0 Å². The lowest BCUT2D eigenvalue weighted by molar-refractivity contribution is -0.159. The number of benzene rings is 1. The third-order valence-corrected chi connectivity index (χ3v) is 11.6. The van der Waals surface area contributed by atoms with Crippen LogP contribution in [0.15, 0.2) is 29.6 Å². The largest absolute Gasteiger partial charge is 0.508 e. The third-order valence-electron chi connectivity index (χ3n) is 10.6. The van der Waals surface area contributed by atoms with Gasteiger partial charge in [0.1, 0.15) is 28.6 Å². The minimum absolute atomic E-state index is 0.0189. The molecule has 4 amide bonds. The zero-order valence-corrected chi connectivity index (χ0v) is 34.8. The highest BCUT2D eigenvalue weighted by atomic mass is 32.1. The second kappa shape index (κ2) is 22.6. The Balaban J connectivity index is 1.85. The molecular weight excluding hydrogens is 739 g/mol. The molecule has 3 rings (SSSR count). The molecule has 7 N–H and O–H groups in total. The second-order valence-corrected chi connectivity index (χ2v) is 16.3. The molecule has 0 radical (unpaired) electrons. The van der Waals surface area contributed by atoms with Crippen molar-refractivity contribution in [1.82, 2.24) is 30.8 Å². The number of hydrogen-bond acceptors (Lipinski definition) is 12. The SMILES string of the molecule is CCCC(=O)OCN(C(=O)[C@@H](NC(=O)[C@H]1CCCCN1C)C(C)CC)[C@H](C[C@@H](O)c1nc(C(=O)N[C@@H](Cc2ccc(O)cc2)C[C@H](C)C(=O)NN)cs1)C(C)C. The van der Waals surface area contributed by atoms with Gasteiger partial charge in [-0.15, -0.1) is 11.3 Å². The van der Waals surface area contributed by atoms with Crippen LogP contribution in [0.25, 0.3) is 0 Å². The van der Waals surface area contributed by atoms with Gasteiger partial charge >= 0.3 is 5.97 Å². The van der Waals surface area contributed by atoms with Crippen molar-refractivity contribution in [2.45, 2.75) is 130 Å². The number of hydrogen-bond donors (Lipinski definition) is 6. The molecule has 1 unspecified atom stereocenters. The fraction of sp³-hybridized carbons (Fsp3) is 0.650. The van der Waals surface area contributed by atoms with Gasteiger partial charge in [-0.25, -0.2) is 10.8 Å². The molecule has 312 valence electrons. The number of aliphatic hydroxyl groups excluding tert-OH is 1. The van der Waals surface area contributed by atoms with E-state index in [2.05, 4.69) is 21.0 Å². The molecule has 2 aromatic rings. The van der Waals surface area contributed by atoms with Crippen molar-refractivity contribution in [2.75, 3.05) is 20.3 Å². The first-order valence-electron chi connectivity index (χ1n) is 19.8. The summed E-state index contributed by atoms with van der Waals surface area (Å²) in [6.07, 6.45) is 3.44. The summed E-state index contributed by atoms with van der Waals surface area (Å²) >= 11 is 1.10. The van der Waals surface area contributed by atoms with Crippen LogP contribution < -0.4 is 21.9 Å². The molecule has 1 aromatic carbocycles. The van der Waals surface area contributed by atoms with Crippen LogP contribution in [-0.2, 0) is 30.3 Å². The van der Waals surface area contributed by atoms with Gasteiger partial charge in [-0.05, 0) is 75.2 Å². The van der Waals surface area contributed by atoms with Gasteiger partial charge in [0.15, 0.2) is 6.73 Å². The van der Waals surface area contributed by atoms with Crippen LogP contribution in [-0.4, -0.2) is 99.1 Å². The monoisotopic (exact) mass is 801 g/mol. The number of thiazole rings is 1. The molecule has 2 heterocycles. The number of nitrogens with one attached hydrogen (secondary N) is 3. The zero-order chi connectivity index (χ0) is 41.5.